The van der Waals surface area contributed by atoms with Crippen molar-refractivity contribution in [3.05, 3.63) is 47.2 Å². The number of nitrogens with two attached hydrogens (primary N) is 1. The number of nitrogens with one attached hydrogen (secondary N) is 1. The number of aryl methyl sites for hydroxylation is 1. The van der Waals surface area contributed by atoms with Crippen molar-refractivity contribution in [3.8, 4) is 0 Å². The molecule has 21 heavy (non-hydrogen) atoms. The Kier molecular flexibility index (Phi) is 5.35. The summed E-state index contributed by atoms with van der Waals surface area (Å²) in [6, 6.07) is 7.09. The van der Waals surface area contributed by atoms with Crippen LogP contribution in [-0.2, 0) is 23.1 Å². The van der Waals surface area contributed by atoms with Gasteiger partial charge in [0.15, 0.2) is 0 Å². The second-order valence-corrected chi connectivity index (χ2v) is 6.67. The first-order chi connectivity index (χ1) is 10.0. The maximum Gasteiger partial charge on any atom is 0.243 e. The van der Waals surface area contributed by atoms with E-state index in [1.54, 1.807) is 28.9 Å². The van der Waals surface area contributed by atoms with Crippen LogP contribution in [0, 0.1) is 0 Å². The van der Waals surface area contributed by atoms with Crippen LogP contribution in [0.25, 0.3) is 0 Å². The van der Waals surface area contributed by atoms with Crippen molar-refractivity contribution in [3.63, 3.8) is 0 Å². The van der Waals surface area contributed by atoms with E-state index in [1.165, 1.54) is 12.4 Å². The molecule has 0 aliphatic rings. The molecule has 2 rings (SSSR count). The highest BCUT2D eigenvalue weighted by Crippen LogP contribution is 2.16. The lowest BCUT2D eigenvalue weighted by atomic mass is 10.2. The molecule has 0 spiro atoms. The normalized spacial score (nSPS) is 11.7. The van der Waals surface area contributed by atoms with Gasteiger partial charge >= 0.3 is 0 Å². The van der Waals surface area contributed by atoms with Crippen LogP contribution in [0.4, 0.5) is 0 Å². The summed E-state index contributed by atoms with van der Waals surface area (Å²) in [6.45, 7) is 1.26. The lowest BCUT2D eigenvalue weighted by Crippen LogP contribution is -2.23. The van der Waals surface area contributed by atoms with Crippen molar-refractivity contribution in [2.24, 2.45) is 5.73 Å². The smallest absolute Gasteiger partial charge is 0.243 e. The van der Waals surface area contributed by atoms with Gasteiger partial charge in [-0.2, -0.15) is 5.10 Å². The summed E-state index contributed by atoms with van der Waals surface area (Å²) in [5.74, 6) is 0. The molecule has 1 heterocycles. The second-order valence-electron chi connectivity index (χ2n) is 4.50. The van der Waals surface area contributed by atoms with Crippen LogP contribution in [0.3, 0.4) is 0 Å². The average Bonchev–Trinajstić information content (AvgIpc) is 2.94. The van der Waals surface area contributed by atoms with Gasteiger partial charge in [-0.05, 0) is 24.6 Å². The van der Waals surface area contributed by atoms with Crippen LogP contribution in [0.5, 0.6) is 0 Å². The molecule has 8 heteroatoms. The highest BCUT2D eigenvalue weighted by molar-refractivity contribution is 7.89. The molecule has 1 aromatic carbocycles. The van der Waals surface area contributed by atoms with Crippen LogP contribution >= 0.6 is 11.6 Å². The van der Waals surface area contributed by atoms with E-state index >= 15 is 0 Å². The minimum absolute atomic E-state index is 0.131. The first-order valence-electron chi connectivity index (χ1n) is 6.48. The van der Waals surface area contributed by atoms with Gasteiger partial charge in [-0.1, -0.05) is 29.8 Å². The molecule has 0 saturated carbocycles. The number of benzene rings is 1. The van der Waals surface area contributed by atoms with Gasteiger partial charge in [0.2, 0.25) is 10.0 Å². The van der Waals surface area contributed by atoms with E-state index in [2.05, 4.69) is 9.82 Å². The molecule has 114 valence electrons. The fourth-order valence-corrected chi connectivity index (χ4v) is 2.92. The molecule has 3 N–H and O–H groups in total. The molecule has 0 unspecified atom stereocenters. The number of hydrogen-bond donors (Lipinski definition) is 2. The molecule has 0 aliphatic carbocycles. The Balaban J connectivity index is 2.05. The molecule has 1 aromatic heterocycles. The number of rotatable bonds is 7. The number of nitrogens with zero attached hydrogens (tertiary/aromatic N) is 2. The summed E-state index contributed by atoms with van der Waals surface area (Å²) in [7, 11) is -3.60. The van der Waals surface area contributed by atoms with Gasteiger partial charge in [0.25, 0.3) is 0 Å². The zero-order chi connectivity index (χ0) is 15.3. The Morgan fingerprint density at radius 1 is 1.33 bits per heavy atom. The summed E-state index contributed by atoms with van der Waals surface area (Å²) < 4.78 is 28.4. The van der Waals surface area contributed by atoms with Crippen molar-refractivity contribution in [1.82, 2.24) is 14.5 Å². The summed E-state index contributed by atoms with van der Waals surface area (Å²) in [5.41, 5.74) is 6.13. The first kappa shape index (κ1) is 16.0. The molecule has 0 bridgehead atoms. The Morgan fingerprint density at radius 3 is 2.81 bits per heavy atom. The van der Waals surface area contributed by atoms with Gasteiger partial charge in [-0.3, -0.25) is 4.68 Å². The summed E-state index contributed by atoms with van der Waals surface area (Å²) in [4.78, 5) is 0.131. The van der Waals surface area contributed by atoms with E-state index in [4.69, 9.17) is 17.3 Å². The van der Waals surface area contributed by atoms with Crippen molar-refractivity contribution in [2.45, 2.75) is 24.4 Å². The van der Waals surface area contributed by atoms with Gasteiger partial charge in [0, 0.05) is 24.3 Å². The zero-order valence-electron chi connectivity index (χ0n) is 11.4. The topological polar surface area (TPSA) is 90.0 Å². The predicted octanol–water partition coefficient (Wildman–Crippen LogP) is 1.36. The van der Waals surface area contributed by atoms with Crippen molar-refractivity contribution >= 4 is 21.6 Å². The molecule has 0 fully saturated rings. The molecule has 0 aliphatic heterocycles. The third-order valence-electron chi connectivity index (χ3n) is 2.92. The average molecular weight is 329 g/mol. The molecule has 6 nitrogen and oxygen atoms in total. The number of aromatic nitrogens is 2. The van der Waals surface area contributed by atoms with Gasteiger partial charge in [-0.25, -0.2) is 13.1 Å². The maximum absolute atomic E-state index is 12.2. The standard InChI is InChI=1S/C13H17ClN4O2S/c14-13-5-2-1-4-11(13)8-17-21(19,20)12-9-16-18(10-12)7-3-6-15/h1-2,4-5,9-10,17H,3,6-8,15H2. The molecule has 0 saturated heterocycles. The van der Waals surface area contributed by atoms with Crippen LogP contribution in [0.1, 0.15) is 12.0 Å². The lowest BCUT2D eigenvalue weighted by Gasteiger charge is -2.06. The van der Waals surface area contributed by atoms with Crippen LogP contribution in [0.2, 0.25) is 5.02 Å². The molecule has 0 atom stereocenters. The van der Waals surface area contributed by atoms with E-state index in [-0.39, 0.29) is 11.4 Å². The highest BCUT2D eigenvalue weighted by Gasteiger charge is 2.16. The number of sulfonamides is 1. The largest absolute Gasteiger partial charge is 0.330 e. The van der Waals surface area contributed by atoms with Gasteiger partial charge < -0.3 is 5.73 Å². The second kappa shape index (κ2) is 7.04. The van der Waals surface area contributed by atoms with E-state index in [9.17, 15) is 8.42 Å². The summed E-state index contributed by atoms with van der Waals surface area (Å²) in [5, 5.41) is 4.54. The fraction of sp³-hybridized carbons (Fsp3) is 0.308. The Bertz CT molecular complexity index is 700. The Hall–Kier alpha value is -1.41. The number of hydrogen-bond acceptors (Lipinski definition) is 4. The first-order valence-corrected chi connectivity index (χ1v) is 8.34. The SMILES string of the molecule is NCCCn1cc(S(=O)(=O)NCc2ccccc2Cl)cn1. The molecule has 0 radical (unpaired) electrons. The minimum Gasteiger partial charge on any atom is -0.330 e. The molecular formula is C13H17ClN4O2S. The van der Waals surface area contributed by atoms with E-state index in [0.717, 1.165) is 12.0 Å². The van der Waals surface area contributed by atoms with Crippen molar-refractivity contribution < 1.29 is 8.42 Å². The highest BCUT2D eigenvalue weighted by atomic mass is 35.5. The van der Waals surface area contributed by atoms with Crippen molar-refractivity contribution in [2.75, 3.05) is 6.54 Å². The monoisotopic (exact) mass is 328 g/mol. The maximum atomic E-state index is 12.2. The zero-order valence-corrected chi connectivity index (χ0v) is 12.9. The number of halogens is 1. The van der Waals surface area contributed by atoms with Crippen LogP contribution in [0.15, 0.2) is 41.6 Å². The van der Waals surface area contributed by atoms with Crippen LogP contribution < -0.4 is 10.5 Å². The van der Waals surface area contributed by atoms with Crippen molar-refractivity contribution in [1.29, 1.82) is 0 Å². The Morgan fingerprint density at radius 2 is 2.10 bits per heavy atom. The molecular weight excluding hydrogens is 312 g/mol. The van der Waals surface area contributed by atoms with Gasteiger partial charge in [0.1, 0.15) is 4.90 Å². The minimum atomic E-state index is -3.60. The molecule has 2 aromatic rings. The lowest BCUT2D eigenvalue weighted by molar-refractivity contribution is 0.576. The fourth-order valence-electron chi connectivity index (χ4n) is 1.76. The molecule has 0 amide bonds. The summed E-state index contributed by atoms with van der Waals surface area (Å²) in [6.07, 6.45) is 3.56. The van der Waals surface area contributed by atoms with E-state index < -0.39 is 10.0 Å². The Labute approximate surface area is 129 Å². The summed E-state index contributed by atoms with van der Waals surface area (Å²) >= 11 is 6.00. The predicted molar refractivity (Wildman–Crippen MR) is 81.4 cm³/mol. The van der Waals surface area contributed by atoms with Gasteiger partial charge in [0.05, 0.1) is 6.20 Å². The van der Waals surface area contributed by atoms with E-state index in [0.29, 0.717) is 18.1 Å². The van der Waals surface area contributed by atoms with E-state index in [1.807, 2.05) is 0 Å². The van der Waals surface area contributed by atoms with Crippen LogP contribution in [-0.4, -0.2) is 24.7 Å². The third kappa shape index (κ3) is 4.28. The quantitative estimate of drug-likeness (QED) is 0.803. The van der Waals surface area contributed by atoms with Gasteiger partial charge in [-0.15, -0.1) is 0 Å². The third-order valence-corrected chi connectivity index (χ3v) is 4.65.